The third-order valence-electron chi connectivity index (χ3n) is 5.26. The van der Waals surface area contributed by atoms with Gasteiger partial charge in [0, 0.05) is 16.9 Å². The summed E-state index contributed by atoms with van der Waals surface area (Å²) in [7, 11) is 0. The van der Waals surface area contributed by atoms with Crippen molar-refractivity contribution < 1.29 is 26.3 Å². The first kappa shape index (κ1) is 29.3. The van der Waals surface area contributed by atoms with Gasteiger partial charge in [-0.05, 0) is 48.7 Å². The van der Waals surface area contributed by atoms with Crippen molar-refractivity contribution >= 4 is 11.5 Å². The predicted octanol–water partition coefficient (Wildman–Crippen LogP) is 8.94. The lowest BCUT2D eigenvalue weighted by atomic mass is 10.0. The molecule has 0 saturated heterocycles. The number of benzene rings is 2. The summed E-state index contributed by atoms with van der Waals surface area (Å²) in [6.07, 6.45) is -4.97. The highest BCUT2D eigenvalue weighted by molar-refractivity contribution is 6.05. The number of rotatable bonds is 5. The van der Waals surface area contributed by atoms with E-state index in [-0.39, 0.29) is 17.5 Å². The third kappa shape index (κ3) is 8.31. The Labute approximate surface area is 208 Å². The first-order valence-corrected chi connectivity index (χ1v) is 11.9. The molecular formula is C27H33F6N3. The van der Waals surface area contributed by atoms with Crippen LogP contribution < -0.4 is 10.6 Å². The largest absolute Gasteiger partial charge is 0.416 e. The number of hydrogen-bond donors (Lipinski definition) is 2. The highest BCUT2D eigenvalue weighted by atomic mass is 19.4. The SMILES string of the molecule is C/C(=C\C(C)C)NC1=NC(c2cc(C(F)(F)F)cc(C(F)(F)F)c2)Nc2ccccc21.CCCCC. The number of alkyl halides is 6. The summed E-state index contributed by atoms with van der Waals surface area (Å²) in [4.78, 5) is 4.41. The number of fused-ring (bicyclic) bond motifs is 1. The van der Waals surface area contributed by atoms with E-state index in [0.29, 0.717) is 29.2 Å². The van der Waals surface area contributed by atoms with Crippen molar-refractivity contribution in [2.24, 2.45) is 10.9 Å². The summed E-state index contributed by atoms with van der Waals surface area (Å²) in [5, 5.41) is 6.06. The molecule has 9 heteroatoms. The molecule has 36 heavy (non-hydrogen) atoms. The van der Waals surface area contributed by atoms with Gasteiger partial charge >= 0.3 is 12.4 Å². The lowest BCUT2D eigenvalue weighted by Gasteiger charge is -2.27. The van der Waals surface area contributed by atoms with Gasteiger partial charge in [0.2, 0.25) is 0 Å². The van der Waals surface area contributed by atoms with Gasteiger partial charge in [-0.25, -0.2) is 4.99 Å². The fraction of sp³-hybridized carbons (Fsp3) is 0.444. The number of hydrogen-bond acceptors (Lipinski definition) is 3. The van der Waals surface area contributed by atoms with Gasteiger partial charge < -0.3 is 10.6 Å². The maximum Gasteiger partial charge on any atom is 0.416 e. The van der Waals surface area contributed by atoms with Crippen molar-refractivity contribution in [1.29, 1.82) is 0 Å². The summed E-state index contributed by atoms with van der Waals surface area (Å²) >= 11 is 0. The zero-order valence-electron chi connectivity index (χ0n) is 21.1. The first-order valence-electron chi connectivity index (χ1n) is 11.9. The molecule has 3 rings (SSSR count). The van der Waals surface area contributed by atoms with Crippen LogP contribution in [0.1, 0.15) is 82.3 Å². The van der Waals surface area contributed by atoms with E-state index in [4.69, 9.17) is 0 Å². The Hall–Kier alpha value is -2.97. The van der Waals surface area contributed by atoms with E-state index in [0.717, 1.165) is 5.70 Å². The molecule has 2 aromatic carbocycles. The van der Waals surface area contributed by atoms with Crippen molar-refractivity contribution in [3.63, 3.8) is 0 Å². The number of nitrogens with zero attached hydrogens (tertiary/aromatic N) is 1. The van der Waals surface area contributed by atoms with Gasteiger partial charge in [0.15, 0.2) is 0 Å². The zero-order valence-corrected chi connectivity index (χ0v) is 21.1. The number of halogens is 6. The fourth-order valence-electron chi connectivity index (χ4n) is 3.67. The van der Waals surface area contributed by atoms with Crippen LogP contribution in [0.2, 0.25) is 0 Å². The molecule has 1 unspecified atom stereocenters. The molecule has 0 radical (unpaired) electrons. The van der Waals surface area contributed by atoms with E-state index >= 15 is 0 Å². The molecule has 3 nitrogen and oxygen atoms in total. The Morgan fingerprint density at radius 2 is 1.53 bits per heavy atom. The summed E-state index contributed by atoms with van der Waals surface area (Å²) < 4.78 is 79.6. The Kier molecular flexibility index (Phi) is 10.0. The number of aliphatic imine (C=N–C) groups is 1. The lowest BCUT2D eigenvalue weighted by molar-refractivity contribution is -0.143. The number of anilines is 1. The van der Waals surface area contributed by atoms with Gasteiger partial charge in [-0.3, -0.25) is 0 Å². The maximum atomic E-state index is 13.3. The van der Waals surface area contributed by atoms with Crippen molar-refractivity contribution in [3.8, 4) is 0 Å². The molecule has 198 valence electrons. The average Bonchev–Trinajstić information content (AvgIpc) is 2.78. The summed E-state index contributed by atoms with van der Waals surface area (Å²) in [5.74, 6) is 0.596. The van der Waals surface area contributed by atoms with Gasteiger partial charge in [0.25, 0.3) is 0 Å². The van der Waals surface area contributed by atoms with Gasteiger partial charge in [-0.1, -0.05) is 65.2 Å². The van der Waals surface area contributed by atoms with Gasteiger partial charge in [-0.2, -0.15) is 26.3 Å². The van der Waals surface area contributed by atoms with Crippen LogP contribution >= 0.6 is 0 Å². The molecule has 0 saturated carbocycles. The third-order valence-corrected chi connectivity index (χ3v) is 5.26. The van der Waals surface area contributed by atoms with E-state index in [2.05, 4.69) is 29.5 Å². The second-order valence-electron chi connectivity index (χ2n) is 8.98. The molecule has 1 atom stereocenters. The van der Waals surface area contributed by atoms with Gasteiger partial charge in [0.1, 0.15) is 12.0 Å². The van der Waals surface area contributed by atoms with Crippen LogP contribution in [0.3, 0.4) is 0 Å². The van der Waals surface area contributed by atoms with E-state index in [9.17, 15) is 26.3 Å². The number of para-hydroxylation sites is 1. The second-order valence-corrected chi connectivity index (χ2v) is 8.98. The number of allylic oxidation sites excluding steroid dienone is 2. The maximum absolute atomic E-state index is 13.3. The molecule has 2 aromatic rings. The normalized spacial score (nSPS) is 15.9. The van der Waals surface area contributed by atoms with Gasteiger partial charge in [0.05, 0.1) is 11.1 Å². The number of unbranched alkanes of at least 4 members (excludes halogenated alkanes) is 2. The fourth-order valence-corrected chi connectivity index (χ4v) is 3.67. The monoisotopic (exact) mass is 513 g/mol. The predicted molar refractivity (Wildman–Crippen MR) is 133 cm³/mol. The molecule has 0 aliphatic carbocycles. The number of nitrogens with one attached hydrogen (secondary N) is 2. The molecule has 0 bridgehead atoms. The summed E-state index contributed by atoms with van der Waals surface area (Å²) in [6.45, 7) is 10.2. The zero-order chi connectivity index (χ0) is 27.1. The van der Waals surface area contributed by atoms with Crippen molar-refractivity contribution in [2.75, 3.05) is 5.32 Å². The topological polar surface area (TPSA) is 36.4 Å². The molecule has 2 N–H and O–H groups in total. The molecule has 0 aromatic heterocycles. The van der Waals surface area contributed by atoms with Crippen molar-refractivity contribution in [1.82, 2.24) is 5.32 Å². The Bertz CT molecular complexity index is 1030. The van der Waals surface area contributed by atoms with Crippen LogP contribution in [0.15, 0.2) is 59.2 Å². The minimum Gasteiger partial charge on any atom is -0.359 e. The standard InChI is InChI=1S/C22H21F6N3.C5H12/c1-12(2)8-13(3)29-20-17-6-4-5-7-18(17)30-19(31-20)14-9-15(21(23,24)25)11-16(10-14)22(26,27)28;1-3-5-4-2/h4-12,19,30H,1-3H3,(H,29,31);3-5H2,1-2H3/b13-8+;. The highest BCUT2D eigenvalue weighted by Crippen LogP contribution is 2.39. The smallest absolute Gasteiger partial charge is 0.359 e. The van der Waals surface area contributed by atoms with Crippen LogP contribution in [-0.4, -0.2) is 5.84 Å². The highest BCUT2D eigenvalue weighted by Gasteiger charge is 2.38. The lowest BCUT2D eigenvalue weighted by Crippen LogP contribution is -2.30. The van der Waals surface area contributed by atoms with E-state index in [1.807, 2.05) is 26.8 Å². The Morgan fingerprint density at radius 3 is 2.00 bits per heavy atom. The number of amidine groups is 1. The molecular weight excluding hydrogens is 480 g/mol. The van der Waals surface area contributed by atoms with Crippen LogP contribution in [0.5, 0.6) is 0 Å². The first-order chi connectivity index (χ1) is 16.8. The molecule has 1 aliphatic heterocycles. The van der Waals surface area contributed by atoms with Crippen LogP contribution in [-0.2, 0) is 12.4 Å². The van der Waals surface area contributed by atoms with E-state index < -0.39 is 29.6 Å². The minimum absolute atomic E-state index is 0.110. The van der Waals surface area contributed by atoms with Crippen LogP contribution in [0.4, 0.5) is 32.0 Å². The Balaban J connectivity index is 0.000000830. The molecule has 0 spiro atoms. The molecule has 0 amide bonds. The van der Waals surface area contributed by atoms with Crippen molar-refractivity contribution in [2.45, 2.75) is 72.4 Å². The van der Waals surface area contributed by atoms with Crippen LogP contribution in [0, 0.1) is 5.92 Å². The molecule has 1 heterocycles. The summed E-state index contributed by atoms with van der Waals surface area (Å²) in [6, 6.07) is 8.44. The molecule has 0 fully saturated rings. The van der Waals surface area contributed by atoms with Gasteiger partial charge in [-0.15, -0.1) is 0 Å². The Morgan fingerprint density at radius 1 is 0.972 bits per heavy atom. The summed E-state index contributed by atoms with van der Waals surface area (Å²) in [5.41, 5.74) is -1.01. The minimum atomic E-state index is -4.93. The van der Waals surface area contributed by atoms with E-state index in [1.54, 1.807) is 24.3 Å². The van der Waals surface area contributed by atoms with E-state index in [1.165, 1.54) is 19.3 Å². The van der Waals surface area contributed by atoms with Crippen LogP contribution in [0.25, 0.3) is 0 Å². The quantitative estimate of drug-likeness (QED) is 0.392. The second kappa shape index (κ2) is 12.3. The average molecular weight is 514 g/mol. The molecule has 1 aliphatic rings. The van der Waals surface area contributed by atoms with Crippen molar-refractivity contribution in [3.05, 3.63) is 76.5 Å².